The number of aliphatic hydroxyl groups is 1. The van der Waals surface area contributed by atoms with Crippen LogP contribution in [0.2, 0.25) is 0 Å². The molecule has 0 saturated heterocycles. The number of thiol groups is 1. The van der Waals surface area contributed by atoms with Crippen LogP contribution in [-0.2, 0) is 14.3 Å². The highest BCUT2D eigenvalue weighted by atomic mass is 32.1. The third-order valence-electron chi connectivity index (χ3n) is 6.00. The molecule has 2 N–H and O–H groups in total. The van der Waals surface area contributed by atoms with Crippen LogP contribution < -0.4 is 14.8 Å². The van der Waals surface area contributed by atoms with Gasteiger partial charge in [-0.3, -0.25) is 10.1 Å². The second-order valence-electron chi connectivity index (χ2n) is 8.72. The number of fused-ring (bicyclic) bond motifs is 1. The summed E-state index contributed by atoms with van der Waals surface area (Å²) >= 11 is 3.96. The third-order valence-corrected chi connectivity index (χ3v) is 6.26. The molecule has 1 amide bonds. The molecule has 208 valence electrons. The predicted molar refractivity (Wildman–Crippen MR) is 156 cm³/mol. The first kappa shape index (κ1) is 28.8. The van der Waals surface area contributed by atoms with E-state index in [1.807, 2.05) is 54.6 Å². The largest absolute Gasteiger partial charge is 0.491 e. The van der Waals surface area contributed by atoms with Gasteiger partial charge < -0.3 is 24.1 Å². The van der Waals surface area contributed by atoms with Crippen molar-refractivity contribution < 1.29 is 33.6 Å². The van der Waals surface area contributed by atoms with Crippen molar-refractivity contribution in [3.8, 4) is 11.5 Å². The lowest BCUT2D eigenvalue weighted by Crippen LogP contribution is -2.32. The fraction of sp³-hybridized carbons (Fsp3) is 0.226. The Bertz CT molecular complexity index is 1390. The molecule has 4 aromatic rings. The zero-order chi connectivity index (χ0) is 28.2. The van der Waals surface area contributed by atoms with Gasteiger partial charge in [0.15, 0.2) is 6.10 Å². The van der Waals surface area contributed by atoms with Crippen LogP contribution in [0, 0.1) is 0 Å². The summed E-state index contributed by atoms with van der Waals surface area (Å²) in [5.74, 6) is 0.438. The summed E-state index contributed by atoms with van der Waals surface area (Å²) in [7, 11) is 0. The molecule has 0 aromatic heterocycles. The van der Waals surface area contributed by atoms with Crippen molar-refractivity contribution in [2.45, 2.75) is 18.6 Å². The lowest BCUT2D eigenvalue weighted by molar-refractivity contribution is -0.141. The molecule has 0 bridgehead atoms. The number of anilines is 1. The number of nitrogens with one attached hydrogen (secondary N) is 1. The van der Waals surface area contributed by atoms with Crippen LogP contribution in [0.1, 0.15) is 18.1 Å². The van der Waals surface area contributed by atoms with Crippen molar-refractivity contribution in [3.63, 3.8) is 0 Å². The molecule has 0 heterocycles. The van der Waals surface area contributed by atoms with Crippen LogP contribution in [0.3, 0.4) is 0 Å². The molecule has 0 aliphatic heterocycles. The number of ether oxygens (including phenoxy) is 4. The molecule has 8 nitrogen and oxygen atoms in total. The maximum Gasteiger partial charge on any atom is 0.412 e. The van der Waals surface area contributed by atoms with E-state index in [0.29, 0.717) is 22.7 Å². The number of hydrogen-bond donors (Lipinski definition) is 3. The number of amides is 1. The Morgan fingerprint density at radius 2 is 1.57 bits per heavy atom. The average molecular weight is 562 g/mol. The van der Waals surface area contributed by atoms with Gasteiger partial charge in [-0.05, 0) is 29.7 Å². The van der Waals surface area contributed by atoms with E-state index in [-0.39, 0.29) is 32.0 Å². The second-order valence-corrected chi connectivity index (χ2v) is 9.04. The van der Waals surface area contributed by atoms with Gasteiger partial charge in [-0.2, -0.15) is 12.6 Å². The number of aliphatic hydroxyl groups excluding tert-OH is 1. The third kappa shape index (κ3) is 7.91. The maximum absolute atomic E-state index is 13.4. The zero-order valence-electron chi connectivity index (χ0n) is 21.8. The molecule has 0 unspecified atom stereocenters. The van der Waals surface area contributed by atoms with E-state index in [1.54, 1.807) is 42.5 Å². The Morgan fingerprint density at radius 1 is 0.850 bits per heavy atom. The minimum absolute atomic E-state index is 0.0152. The topological polar surface area (TPSA) is 103 Å². The predicted octanol–water partition coefficient (Wildman–Crippen LogP) is 5.81. The smallest absolute Gasteiger partial charge is 0.412 e. The SMILES string of the molecule is O=C(CS)OCC[C@@H](Oc1ccccc1)[C@H](OC(=O)Nc1cccc2ccccc12)c1ccccc1OCCO. The fourth-order valence-corrected chi connectivity index (χ4v) is 4.30. The van der Waals surface area contributed by atoms with Crippen LogP contribution in [0.5, 0.6) is 11.5 Å². The summed E-state index contributed by atoms with van der Waals surface area (Å²) in [4.78, 5) is 25.2. The molecule has 0 saturated carbocycles. The quantitative estimate of drug-likeness (QED) is 0.140. The van der Waals surface area contributed by atoms with Crippen molar-refractivity contribution in [2.75, 3.05) is 30.9 Å². The standard InChI is InChI=1S/C31H31NO7S/c33-18-20-36-27-16-7-6-14-25(27)30(28(17-19-37-29(34)21-40)38-23-11-2-1-3-12-23)39-31(35)32-26-15-8-10-22-9-4-5-13-24(22)26/h1-16,28,30,33,40H,17-21H2,(H,32,35)/t28-,30-/m1/s1. The maximum atomic E-state index is 13.4. The van der Waals surface area contributed by atoms with Crippen molar-refractivity contribution in [1.29, 1.82) is 0 Å². The molecule has 0 fully saturated rings. The lowest BCUT2D eigenvalue weighted by Gasteiger charge is -2.29. The molecule has 0 aliphatic carbocycles. The minimum atomic E-state index is -0.972. The highest BCUT2D eigenvalue weighted by Gasteiger charge is 2.32. The van der Waals surface area contributed by atoms with Gasteiger partial charge in [-0.15, -0.1) is 0 Å². The van der Waals surface area contributed by atoms with Gasteiger partial charge >= 0.3 is 12.1 Å². The molecular weight excluding hydrogens is 530 g/mol. The van der Waals surface area contributed by atoms with Crippen LogP contribution >= 0.6 is 12.6 Å². The summed E-state index contributed by atoms with van der Waals surface area (Å²) in [6.45, 7) is -0.123. The van der Waals surface area contributed by atoms with Crippen LogP contribution in [-0.4, -0.2) is 48.8 Å². The van der Waals surface area contributed by atoms with Gasteiger partial charge in [0.1, 0.15) is 24.2 Å². The first-order chi connectivity index (χ1) is 19.6. The molecule has 0 spiro atoms. The first-order valence-electron chi connectivity index (χ1n) is 12.8. The highest BCUT2D eigenvalue weighted by molar-refractivity contribution is 7.81. The number of para-hydroxylation sites is 2. The number of hydrogen-bond acceptors (Lipinski definition) is 8. The summed E-state index contributed by atoms with van der Waals surface area (Å²) in [5.41, 5.74) is 1.13. The second kappa shape index (κ2) is 14.8. The number of benzene rings is 4. The fourth-order valence-electron chi connectivity index (χ4n) is 4.21. The summed E-state index contributed by atoms with van der Waals surface area (Å²) in [6.07, 6.45) is -2.24. The number of carbonyl (C=O) groups excluding carboxylic acids is 2. The van der Waals surface area contributed by atoms with Gasteiger partial charge in [0.05, 0.1) is 24.7 Å². The number of rotatable bonds is 13. The number of esters is 1. The van der Waals surface area contributed by atoms with Crippen molar-refractivity contribution in [3.05, 3.63) is 103 Å². The van der Waals surface area contributed by atoms with Crippen LogP contribution in [0.25, 0.3) is 10.8 Å². The molecule has 9 heteroatoms. The Balaban J connectivity index is 1.67. The van der Waals surface area contributed by atoms with Crippen molar-refractivity contribution in [2.24, 2.45) is 0 Å². The van der Waals surface area contributed by atoms with E-state index in [1.165, 1.54) is 0 Å². The van der Waals surface area contributed by atoms with E-state index in [2.05, 4.69) is 17.9 Å². The van der Waals surface area contributed by atoms with Gasteiger partial charge in [0.25, 0.3) is 0 Å². The minimum Gasteiger partial charge on any atom is -0.491 e. The normalized spacial score (nSPS) is 12.2. The van der Waals surface area contributed by atoms with E-state index in [4.69, 9.17) is 18.9 Å². The Hall–Kier alpha value is -4.21. The van der Waals surface area contributed by atoms with Crippen molar-refractivity contribution in [1.82, 2.24) is 0 Å². The Kier molecular flexibility index (Phi) is 10.7. The van der Waals surface area contributed by atoms with Crippen LogP contribution in [0.15, 0.2) is 97.1 Å². The number of carbonyl (C=O) groups is 2. The van der Waals surface area contributed by atoms with E-state index in [9.17, 15) is 14.7 Å². The average Bonchev–Trinajstić information content (AvgIpc) is 2.99. The molecule has 0 radical (unpaired) electrons. The highest BCUT2D eigenvalue weighted by Crippen LogP contribution is 2.34. The van der Waals surface area contributed by atoms with Crippen LogP contribution in [0.4, 0.5) is 10.5 Å². The molecule has 4 rings (SSSR count). The van der Waals surface area contributed by atoms with E-state index < -0.39 is 24.3 Å². The summed E-state index contributed by atoms with van der Waals surface area (Å²) < 4.78 is 23.4. The summed E-state index contributed by atoms with van der Waals surface area (Å²) in [6, 6.07) is 29.5. The van der Waals surface area contributed by atoms with Crippen molar-refractivity contribution >= 4 is 41.2 Å². The molecule has 4 aromatic carbocycles. The van der Waals surface area contributed by atoms with Gasteiger partial charge in [0.2, 0.25) is 0 Å². The van der Waals surface area contributed by atoms with Gasteiger partial charge in [-0.1, -0.05) is 72.8 Å². The molecule has 40 heavy (non-hydrogen) atoms. The Morgan fingerprint density at radius 3 is 2.38 bits per heavy atom. The lowest BCUT2D eigenvalue weighted by atomic mass is 10.0. The van der Waals surface area contributed by atoms with Gasteiger partial charge in [0, 0.05) is 17.4 Å². The summed E-state index contributed by atoms with van der Waals surface area (Å²) in [5, 5.41) is 14.0. The monoisotopic (exact) mass is 561 g/mol. The van der Waals surface area contributed by atoms with E-state index in [0.717, 1.165) is 10.8 Å². The molecular formula is C31H31NO7S. The van der Waals surface area contributed by atoms with Gasteiger partial charge in [-0.25, -0.2) is 4.79 Å². The molecule has 0 aliphatic rings. The van der Waals surface area contributed by atoms with E-state index >= 15 is 0 Å². The zero-order valence-corrected chi connectivity index (χ0v) is 22.7. The Labute approximate surface area is 238 Å². The molecule has 2 atom stereocenters. The first-order valence-corrected chi connectivity index (χ1v) is 13.5.